The topological polar surface area (TPSA) is 64.8 Å². The average Bonchev–Trinajstić information content (AvgIpc) is 2.92. The van der Waals surface area contributed by atoms with Gasteiger partial charge in [0.05, 0.1) is 32.5 Å². The highest BCUT2D eigenvalue weighted by atomic mass is 16.5. The molecule has 0 radical (unpaired) electrons. The standard InChI is InChI=1S/C16H19N3O3/c1-19-8-4-5-13(19)11-17-18-16(20)10-12-6-7-14(21-2)15(9-12)22-3/h4-9,11H,10H2,1-3H3,(H,18,20)/b17-11-. The number of benzene rings is 1. The molecule has 0 aliphatic heterocycles. The molecule has 0 aliphatic rings. The van der Waals surface area contributed by atoms with E-state index in [9.17, 15) is 4.79 Å². The van der Waals surface area contributed by atoms with E-state index in [-0.39, 0.29) is 12.3 Å². The van der Waals surface area contributed by atoms with Crippen molar-refractivity contribution in [3.05, 3.63) is 47.8 Å². The highest BCUT2D eigenvalue weighted by Gasteiger charge is 2.07. The minimum atomic E-state index is -0.197. The monoisotopic (exact) mass is 301 g/mol. The lowest BCUT2D eigenvalue weighted by Crippen LogP contribution is -2.20. The summed E-state index contributed by atoms with van der Waals surface area (Å²) in [5, 5.41) is 3.95. The van der Waals surface area contributed by atoms with Crippen LogP contribution in [-0.2, 0) is 18.3 Å². The van der Waals surface area contributed by atoms with E-state index in [0.717, 1.165) is 11.3 Å². The molecule has 0 bridgehead atoms. The third-order valence-electron chi connectivity index (χ3n) is 3.18. The molecule has 1 amide bonds. The molecular formula is C16H19N3O3. The van der Waals surface area contributed by atoms with Gasteiger partial charge in [0.1, 0.15) is 0 Å². The molecule has 0 unspecified atom stereocenters. The average molecular weight is 301 g/mol. The van der Waals surface area contributed by atoms with Gasteiger partial charge in [-0.25, -0.2) is 5.43 Å². The maximum Gasteiger partial charge on any atom is 0.244 e. The van der Waals surface area contributed by atoms with Crippen molar-refractivity contribution in [3.63, 3.8) is 0 Å². The second kappa shape index (κ2) is 7.31. The molecule has 116 valence electrons. The molecule has 1 N–H and O–H groups in total. The first kappa shape index (κ1) is 15.6. The van der Waals surface area contributed by atoms with E-state index >= 15 is 0 Å². The van der Waals surface area contributed by atoms with E-state index in [1.54, 1.807) is 32.6 Å². The number of amides is 1. The Balaban J connectivity index is 1.94. The number of aromatic nitrogens is 1. The van der Waals surface area contributed by atoms with Crippen LogP contribution >= 0.6 is 0 Å². The lowest BCUT2D eigenvalue weighted by atomic mass is 10.1. The summed E-state index contributed by atoms with van der Waals surface area (Å²) in [7, 11) is 5.04. The molecule has 0 spiro atoms. The van der Waals surface area contributed by atoms with Crippen LogP contribution in [0, 0.1) is 0 Å². The normalized spacial score (nSPS) is 10.7. The van der Waals surface area contributed by atoms with E-state index in [2.05, 4.69) is 10.5 Å². The van der Waals surface area contributed by atoms with Crippen molar-refractivity contribution in [2.75, 3.05) is 14.2 Å². The first-order valence-electron chi connectivity index (χ1n) is 6.78. The van der Waals surface area contributed by atoms with Crippen molar-refractivity contribution in [1.82, 2.24) is 9.99 Å². The number of hydrazone groups is 1. The lowest BCUT2D eigenvalue weighted by molar-refractivity contribution is -0.120. The summed E-state index contributed by atoms with van der Waals surface area (Å²) in [6.07, 6.45) is 3.73. The minimum absolute atomic E-state index is 0.197. The first-order valence-corrected chi connectivity index (χ1v) is 6.78. The van der Waals surface area contributed by atoms with Gasteiger partial charge in [0.25, 0.3) is 0 Å². The molecule has 0 atom stereocenters. The van der Waals surface area contributed by atoms with Crippen molar-refractivity contribution < 1.29 is 14.3 Å². The summed E-state index contributed by atoms with van der Waals surface area (Å²) in [4.78, 5) is 11.9. The van der Waals surface area contributed by atoms with Crippen LogP contribution in [0.5, 0.6) is 11.5 Å². The van der Waals surface area contributed by atoms with Gasteiger partial charge in [-0.15, -0.1) is 0 Å². The van der Waals surface area contributed by atoms with Crippen LogP contribution in [0.15, 0.2) is 41.6 Å². The van der Waals surface area contributed by atoms with E-state index in [4.69, 9.17) is 9.47 Å². The zero-order valence-electron chi connectivity index (χ0n) is 12.9. The molecule has 1 heterocycles. The molecule has 6 heteroatoms. The first-order chi connectivity index (χ1) is 10.6. The van der Waals surface area contributed by atoms with Crippen LogP contribution in [0.2, 0.25) is 0 Å². The molecule has 2 aromatic rings. The number of carbonyl (C=O) groups is 1. The molecule has 0 saturated carbocycles. The maximum atomic E-state index is 11.9. The van der Waals surface area contributed by atoms with Gasteiger partial charge in [-0.05, 0) is 29.8 Å². The number of hydrogen-bond donors (Lipinski definition) is 1. The highest BCUT2D eigenvalue weighted by Crippen LogP contribution is 2.27. The fourth-order valence-electron chi connectivity index (χ4n) is 1.99. The summed E-state index contributed by atoms with van der Waals surface area (Å²) < 4.78 is 12.3. The van der Waals surface area contributed by atoms with E-state index in [0.29, 0.717) is 11.5 Å². The van der Waals surface area contributed by atoms with Crippen molar-refractivity contribution in [2.45, 2.75) is 6.42 Å². The molecule has 0 fully saturated rings. The number of rotatable bonds is 6. The van der Waals surface area contributed by atoms with Gasteiger partial charge in [0.2, 0.25) is 5.91 Å². The molecule has 0 aliphatic carbocycles. The van der Waals surface area contributed by atoms with Gasteiger partial charge in [-0.3, -0.25) is 4.79 Å². The number of hydrogen-bond acceptors (Lipinski definition) is 4. The van der Waals surface area contributed by atoms with Gasteiger partial charge in [0.15, 0.2) is 11.5 Å². The summed E-state index contributed by atoms with van der Waals surface area (Å²) in [6, 6.07) is 9.19. The third-order valence-corrected chi connectivity index (χ3v) is 3.18. The van der Waals surface area contributed by atoms with E-state index in [1.165, 1.54) is 0 Å². The molecule has 6 nitrogen and oxygen atoms in total. The van der Waals surface area contributed by atoms with Crippen molar-refractivity contribution in [3.8, 4) is 11.5 Å². The number of carbonyl (C=O) groups excluding carboxylic acids is 1. The quantitative estimate of drug-likeness (QED) is 0.653. The molecule has 1 aromatic heterocycles. The fraction of sp³-hybridized carbons (Fsp3) is 0.250. The van der Waals surface area contributed by atoms with E-state index < -0.39 is 0 Å². The Hall–Kier alpha value is -2.76. The summed E-state index contributed by atoms with van der Waals surface area (Å²) in [5.74, 6) is 1.03. The third kappa shape index (κ3) is 3.88. The van der Waals surface area contributed by atoms with Crippen LogP contribution in [-0.4, -0.2) is 30.9 Å². The number of aryl methyl sites for hydroxylation is 1. The summed E-state index contributed by atoms with van der Waals surface area (Å²) in [6.45, 7) is 0. The Kier molecular flexibility index (Phi) is 5.19. The van der Waals surface area contributed by atoms with Crippen LogP contribution in [0.25, 0.3) is 0 Å². The maximum absolute atomic E-state index is 11.9. The molecule has 1 aromatic carbocycles. The Morgan fingerprint density at radius 3 is 2.68 bits per heavy atom. The van der Waals surface area contributed by atoms with Gasteiger partial charge < -0.3 is 14.0 Å². The van der Waals surface area contributed by atoms with E-state index in [1.807, 2.05) is 36.0 Å². The largest absolute Gasteiger partial charge is 0.493 e. The predicted molar refractivity (Wildman–Crippen MR) is 84.4 cm³/mol. The molecule has 0 saturated heterocycles. The minimum Gasteiger partial charge on any atom is -0.493 e. The number of nitrogens with zero attached hydrogens (tertiary/aromatic N) is 2. The van der Waals surface area contributed by atoms with Crippen LogP contribution in [0.1, 0.15) is 11.3 Å². The molecular weight excluding hydrogens is 282 g/mol. The second-order valence-electron chi connectivity index (χ2n) is 4.70. The Labute approximate surface area is 129 Å². The zero-order valence-corrected chi connectivity index (χ0v) is 12.9. The van der Waals surface area contributed by atoms with Crippen LogP contribution in [0.3, 0.4) is 0 Å². The zero-order chi connectivity index (χ0) is 15.9. The van der Waals surface area contributed by atoms with Gasteiger partial charge in [-0.2, -0.15) is 5.10 Å². The molecule has 2 rings (SSSR count). The van der Waals surface area contributed by atoms with Crippen LogP contribution < -0.4 is 14.9 Å². The lowest BCUT2D eigenvalue weighted by Gasteiger charge is -2.09. The Bertz CT molecular complexity index is 677. The Morgan fingerprint density at radius 2 is 2.05 bits per heavy atom. The smallest absolute Gasteiger partial charge is 0.244 e. The fourth-order valence-corrected chi connectivity index (χ4v) is 1.99. The highest BCUT2D eigenvalue weighted by molar-refractivity contribution is 5.82. The SMILES string of the molecule is COc1ccc(CC(=O)N/N=C\c2cccn2C)cc1OC. The van der Waals surface area contributed by atoms with Gasteiger partial charge in [-0.1, -0.05) is 6.07 Å². The number of methoxy groups -OCH3 is 2. The number of nitrogens with one attached hydrogen (secondary N) is 1. The molecule has 22 heavy (non-hydrogen) atoms. The van der Waals surface area contributed by atoms with Crippen molar-refractivity contribution in [1.29, 1.82) is 0 Å². The van der Waals surface area contributed by atoms with Crippen molar-refractivity contribution >= 4 is 12.1 Å². The van der Waals surface area contributed by atoms with Gasteiger partial charge in [0, 0.05) is 13.2 Å². The Morgan fingerprint density at radius 1 is 1.27 bits per heavy atom. The second-order valence-corrected chi connectivity index (χ2v) is 4.70. The number of ether oxygens (including phenoxy) is 2. The predicted octanol–water partition coefficient (Wildman–Crippen LogP) is 1.74. The summed E-state index contributed by atoms with van der Waals surface area (Å²) in [5.41, 5.74) is 4.24. The van der Waals surface area contributed by atoms with Gasteiger partial charge >= 0.3 is 0 Å². The van der Waals surface area contributed by atoms with Crippen LogP contribution in [0.4, 0.5) is 0 Å². The van der Waals surface area contributed by atoms with Crippen molar-refractivity contribution in [2.24, 2.45) is 12.1 Å². The summed E-state index contributed by atoms with van der Waals surface area (Å²) >= 11 is 0.